The third-order valence-corrected chi connectivity index (χ3v) is 3.29. The Morgan fingerprint density at radius 2 is 2.33 bits per heavy atom. The molecular formula is C13H12ClFN2O. The maximum absolute atomic E-state index is 13.6. The van der Waals surface area contributed by atoms with Gasteiger partial charge in [-0.25, -0.2) is 4.39 Å². The van der Waals surface area contributed by atoms with Crippen LogP contribution in [-0.4, -0.2) is 17.4 Å². The molecule has 18 heavy (non-hydrogen) atoms. The Bertz CT molecular complexity index is 512. The van der Waals surface area contributed by atoms with Gasteiger partial charge in [0.1, 0.15) is 5.82 Å². The molecule has 1 aromatic rings. The average molecular weight is 267 g/mol. The van der Waals surface area contributed by atoms with E-state index in [-0.39, 0.29) is 24.2 Å². The van der Waals surface area contributed by atoms with Crippen LogP contribution in [0.4, 0.5) is 4.39 Å². The van der Waals surface area contributed by atoms with Crippen molar-refractivity contribution in [3.63, 3.8) is 0 Å². The molecule has 1 heterocycles. The van der Waals surface area contributed by atoms with Crippen molar-refractivity contribution < 1.29 is 9.18 Å². The normalized spacial score (nSPS) is 19.7. The highest BCUT2D eigenvalue weighted by Crippen LogP contribution is 2.22. The van der Waals surface area contributed by atoms with Crippen LogP contribution in [-0.2, 0) is 11.3 Å². The molecule has 94 valence electrons. The molecule has 1 aromatic carbocycles. The van der Waals surface area contributed by atoms with Gasteiger partial charge in [0.05, 0.1) is 12.0 Å². The lowest BCUT2D eigenvalue weighted by atomic mass is 9.98. The van der Waals surface area contributed by atoms with Gasteiger partial charge in [0.25, 0.3) is 0 Å². The maximum Gasteiger partial charge on any atom is 0.222 e. The summed E-state index contributed by atoms with van der Waals surface area (Å²) in [4.78, 5) is 13.2. The first-order chi connectivity index (χ1) is 8.60. The predicted molar refractivity (Wildman–Crippen MR) is 65.2 cm³/mol. The van der Waals surface area contributed by atoms with E-state index in [4.69, 9.17) is 16.9 Å². The second-order valence-electron chi connectivity index (χ2n) is 4.37. The van der Waals surface area contributed by atoms with Gasteiger partial charge >= 0.3 is 0 Å². The lowest BCUT2D eigenvalue weighted by Crippen LogP contribution is -2.39. The number of amides is 1. The molecule has 1 unspecified atom stereocenters. The summed E-state index contributed by atoms with van der Waals surface area (Å²) in [5.41, 5.74) is 0.384. The van der Waals surface area contributed by atoms with E-state index in [9.17, 15) is 9.18 Å². The largest absolute Gasteiger partial charge is 0.337 e. The van der Waals surface area contributed by atoms with Crippen LogP contribution in [0.5, 0.6) is 0 Å². The number of hydrogen-bond donors (Lipinski definition) is 0. The molecule has 1 amide bonds. The van der Waals surface area contributed by atoms with Crippen LogP contribution >= 0.6 is 11.6 Å². The van der Waals surface area contributed by atoms with Crippen molar-refractivity contribution in [2.24, 2.45) is 5.92 Å². The Morgan fingerprint density at radius 3 is 3.06 bits per heavy atom. The fourth-order valence-electron chi connectivity index (χ4n) is 2.04. The molecule has 2 rings (SSSR count). The fourth-order valence-corrected chi connectivity index (χ4v) is 2.24. The van der Waals surface area contributed by atoms with E-state index in [1.807, 2.05) is 0 Å². The Kier molecular flexibility index (Phi) is 3.83. The van der Waals surface area contributed by atoms with E-state index in [0.717, 1.165) is 0 Å². The fraction of sp³-hybridized carbons (Fsp3) is 0.385. The van der Waals surface area contributed by atoms with Crippen molar-refractivity contribution in [3.8, 4) is 6.07 Å². The van der Waals surface area contributed by atoms with Crippen LogP contribution in [0.1, 0.15) is 18.4 Å². The molecule has 0 spiro atoms. The van der Waals surface area contributed by atoms with Gasteiger partial charge in [-0.05, 0) is 24.6 Å². The third kappa shape index (κ3) is 2.80. The highest BCUT2D eigenvalue weighted by molar-refractivity contribution is 6.30. The van der Waals surface area contributed by atoms with Gasteiger partial charge in [-0.2, -0.15) is 5.26 Å². The second kappa shape index (κ2) is 5.36. The van der Waals surface area contributed by atoms with Gasteiger partial charge in [-0.3, -0.25) is 4.79 Å². The van der Waals surface area contributed by atoms with E-state index < -0.39 is 0 Å². The van der Waals surface area contributed by atoms with E-state index in [2.05, 4.69) is 6.07 Å². The summed E-state index contributed by atoms with van der Waals surface area (Å²) < 4.78 is 13.6. The number of halogens is 2. The topological polar surface area (TPSA) is 44.1 Å². The van der Waals surface area contributed by atoms with Crippen LogP contribution in [0, 0.1) is 23.1 Å². The zero-order chi connectivity index (χ0) is 13.1. The van der Waals surface area contributed by atoms with Crippen molar-refractivity contribution in [1.29, 1.82) is 5.26 Å². The number of hydrogen-bond acceptors (Lipinski definition) is 2. The van der Waals surface area contributed by atoms with E-state index in [0.29, 0.717) is 30.0 Å². The minimum Gasteiger partial charge on any atom is -0.337 e. The zero-order valence-corrected chi connectivity index (χ0v) is 10.5. The van der Waals surface area contributed by atoms with Crippen LogP contribution < -0.4 is 0 Å². The Balaban J connectivity index is 2.14. The standard InChI is InChI=1S/C13H12ClFN2O/c14-11-2-3-12(15)10(5-11)8-17-7-9(6-16)1-4-13(17)18/h2-3,5,9H,1,4,7-8H2. The van der Waals surface area contributed by atoms with Crippen molar-refractivity contribution in [2.45, 2.75) is 19.4 Å². The monoisotopic (exact) mass is 266 g/mol. The minimum absolute atomic E-state index is 0.0409. The van der Waals surface area contributed by atoms with Crippen molar-refractivity contribution in [2.75, 3.05) is 6.54 Å². The number of rotatable bonds is 2. The Labute approximate surface area is 110 Å². The zero-order valence-electron chi connectivity index (χ0n) is 9.70. The van der Waals surface area contributed by atoms with Gasteiger partial charge < -0.3 is 4.90 Å². The summed E-state index contributed by atoms with van der Waals surface area (Å²) in [5.74, 6) is -0.586. The van der Waals surface area contributed by atoms with Crippen molar-refractivity contribution >= 4 is 17.5 Å². The Hall–Kier alpha value is -1.60. The highest BCUT2D eigenvalue weighted by atomic mass is 35.5. The van der Waals surface area contributed by atoms with Crippen LogP contribution in [0.2, 0.25) is 5.02 Å². The van der Waals surface area contributed by atoms with Gasteiger partial charge in [0.15, 0.2) is 0 Å². The SMILES string of the molecule is N#CC1CCC(=O)N(Cc2cc(Cl)ccc2F)C1. The lowest BCUT2D eigenvalue weighted by Gasteiger charge is -2.29. The molecule has 0 N–H and O–H groups in total. The first-order valence-corrected chi connectivity index (χ1v) is 6.09. The first kappa shape index (κ1) is 12.8. The molecule has 0 radical (unpaired) electrons. The van der Waals surface area contributed by atoms with Crippen LogP contribution in [0.3, 0.4) is 0 Å². The van der Waals surface area contributed by atoms with Gasteiger partial charge in [0.2, 0.25) is 5.91 Å². The predicted octanol–water partition coefficient (Wildman–Crippen LogP) is 2.74. The summed E-state index contributed by atoms with van der Waals surface area (Å²) in [5, 5.41) is 9.31. The molecule has 1 aliphatic heterocycles. The summed E-state index contributed by atoms with van der Waals surface area (Å²) in [6.45, 7) is 0.532. The summed E-state index contributed by atoms with van der Waals surface area (Å²) in [7, 11) is 0. The summed E-state index contributed by atoms with van der Waals surface area (Å²) >= 11 is 5.80. The smallest absolute Gasteiger partial charge is 0.222 e. The molecule has 1 atom stereocenters. The van der Waals surface area contributed by atoms with Crippen molar-refractivity contribution in [1.82, 2.24) is 4.90 Å². The number of benzene rings is 1. The molecule has 0 aromatic heterocycles. The van der Waals surface area contributed by atoms with Crippen molar-refractivity contribution in [3.05, 3.63) is 34.6 Å². The minimum atomic E-state index is -0.383. The lowest BCUT2D eigenvalue weighted by molar-refractivity contribution is -0.134. The summed E-state index contributed by atoms with van der Waals surface area (Å²) in [6, 6.07) is 6.42. The third-order valence-electron chi connectivity index (χ3n) is 3.05. The molecule has 1 fully saturated rings. The molecule has 1 saturated heterocycles. The first-order valence-electron chi connectivity index (χ1n) is 5.71. The number of carbonyl (C=O) groups excluding carboxylic acids is 1. The number of likely N-dealkylation sites (tertiary alicyclic amines) is 1. The van der Waals surface area contributed by atoms with E-state index in [1.54, 1.807) is 0 Å². The maximum atomic E-state index is 13.6. The van der Waals surface area contributed by atoms with Gasteiger partial charge in [0, 0.05) is 30.1 Å². The quantitative estimate of drug-likeness (QED) is 0.826. The molecule has 0 bridgehead atoms. The number of piperidine rings is 1. The molecule has 0 aliphatic carbocycles. The number of carbonyl (C=O) groups is 1. The van der Waals surface area contributed by atoms with E-state index in [1.165, 1.54) is 23.1 Å². The molecule has 3 nitrogen and oxygen atoms in total. The average Bonchev–Trinajstić information content (AvgIpc) is 2.36. The second-order valence-corrected chi connectivity index (χ2v) is 4.81. The summed E-state index contributed by atoms with van der Waals surface area (Å²) in [6.07, 6.45) is 0.935. The highest BCUT2D eigenvalue weighted by Gasteiger charge is 2.26. The Morgan fingerprint density at radius 1 is 1.56 bits per heavy atom. The molecule has 5 heteroatoms. The van der Waals surface area contributed by atoms with Crippen LogP contribution in [0.15, 0.2) is 18.2 Å². The van der Waals surface area contributed by atoms with Crippen LogP contribution in [0.25, 0.3) is 0 Å². The van der Waals surface area contributed by atoms with Gasteiger partial charge in [-0.1, -0.05) is 11.6 Å². The van der Waals surface area contributed by atoms with E-state index >= 15 is 0 Å². The molecule has 0 saturated carbocycles. The number of nitriles is 1. The van der Waals surface area contributed by atoms with Gasteiger partial charge in [-0.15, -0.1) is 0 Å². The number of nitrogens with zero attached hydrogens (tertiary/aromatic N) is 2. The molecular weight excluding hydrogens is 255 g/mol. The molecule has 1 aliphatic rings.